The van der Waals surface area contributed by atoms with Gasteiger partial charge in [0.1, 0.15) is 0 Å². The van der Waals surface area contributed by atoms with Crippen LogP contribution in [0.2, 0.25) is 20.1 Å². The number of halogens is 4. The smallest absolute Gasteiger partial charge is 0.282 e. The fourth-order valence-electron chi connectivity index (χ4n) is 5.01. The molecule has 0 fully saturated rings. The third kappa shape index (κ3) is 5.36. The van der Waals surface area contributed by atoms with Crippen molar-refractivity contribution in [2.24, 2.45) is 5.10 Å². The van der Waals surface area contributed by atoms with Crippen molar-refractivity contribution in [3.8, 4) is 11.6 Å². The summed E-state index contributed by atoms with van der Waals surface area (Å²) in [4.78, 5) is 44.3. The Morgan fingerprint density at radius 1 is 0.822 bits per heavy atom. The lowest BCUT2D eigenvalue weighted by molar-refractivity contribution is -0.275. The summed E-state index contributed by atoms with van der Waals surface area (Å²) >= 11 is 24.7. The summed E-state index contributed by atoms with van der Waals surface area (Å²) in [5.74, 6) is -0.935. The van der Waals surface area contributed by atoms with Crippen LogP contribution in [0, 0.1) is 13.8 Å². The molecule has 14 heteroatoms. The van der Waals surface area contributed by atoms with Gasteiger partial charge >= 0.3 is 0 Å². The van der Waals surface area contributed by atoms with Gasteiger partial charge in [-0.3, -0.25) is 14.4 Å². The Labute approximate surface area is 273 Å². The number of allylic oxidation sites excluding steroid dienone is 3. The van der Waals surface area contributed by atoms with Crippen LogP contribution in [-0.2, 0) is 0 Å². The SMILES string of the molecule is Cc1c2c([nH]c(=O)/c1=C/C=CC=Cc1c(C)c3c([O-])n(-c4cc(Cl)ccc4Cl)nc3[nH]c1=O)=NN(c1cc(Cl)ccc1Cl)C2=O. The lowest BCUT2D eigenvalue weighted by Gasteiger charge is -2.14. The molecule has 0 unspecified atom stereocenters. The lowest BCUT2D eigenvalue weighted by Crippen LogP contribution is -2.38. The standard InChI is InChI=1S/C31H20Cl4N6O4/c1-14-18(28(42)36-26-24(14)30(44)40(38-26)22-12-16(32)8-10-20(22)34)6-4-3-5-7-19-15(2)25-27(37-29(19)43)39-41(31(25)45)23-13-17(33)9-11-21(23)35/h3-13,44H,1-2H3,(H,36,38,42)(H,37,39,43)/p-1/b5-3?,6-4?,19-7+. The van der Waals surface area contributed by atoms with Crippen molar-refractivity contribution in [2.75, 3.05) is 5.01 Å². The number of carbonyl (C=O) groups is 1. The zero-order valence-electron chi connectivity index (χ0n) is 23.3. The molecule has 1 amide bonds. The maximum absolute atomic E-state index is 13.3. The second-order valence-electron chi connectivity index (χ2n) is 9.97. The van der Waals surface area contributed by atoms with Gasteiger partial charge in [-0.2, -0.15) is 5.01 Å². The number of H-pyrrole nitrogens is 2. The van der Waals surface area contributed by atoms with Crippen molar-refractivity contribution in [2.45, 2.75) is 13.8 Å². The van der Waals surface area contributed by atoms with Crippen molar-refractivity contribution in [1.29, 1.82) is 0 Å². The number of aromatic amines is 2. The first kappa shape index (κ1) is 30.4. The summed E-state index contributed by atoms with van der Waals surface area (Å²) in [6.07, 6.45) is 7.85. The molecule has 226 valence electrons. The number of hydrogen-bond acceptors (Lipinski definition) is 6. The van der Waals surface area contributed by atoms with E-state index in [1.807, 2.05) is 0 Å². The first-order valence-corrected chi connectivity index (χ1v) is 14.7. The van der Waals surface area contributed by atoms with Gasteiger partial charge in [0.15, 0.2) is 11.1 Å². The third-order valence-corrected chi connectivity index (χ3v) is 8.33. The maximum atomic E-state index is 13.3. The number of aryl methyl sites for hydroxylation is 1. The Morgan fingerprint density at radius 3 is 2.20 bits per heavy atom. The number of pyridine rings is 2. The monoisotopic (exact) mass is 679 g/mol. The first-order chi connectivity index (χ1) is 21.5. The predicted molar refractivity (Wildman–Crippen MR) is 174 cm³/mol. The van der Waals surface area contributed by atoms with E-state index >= 15 is 0 Å². The Balaban J connectivity index is 1.31. The van der Waals surface area contributed by atoms with E-state index in [0.29, 0.717) is 21.2 Å². The minimum atomic E-state index is -0.467. The molecule has 5 aromatic rings. The molecule has 0 spiro atoms. The zero-order valence-corrected chi connectivity index (χ0v) is 26.3. The quantitative estimate of drug-likeness (QED) is 0.253. The molecule has 4 heterocycles. The van der Waals surface area contributed by atoms with Gasteiger partial charge in [-0.15, -0.1) is 10.2 Å². The largest absolute Gasteiger partial charge is 0.858 e. The van der Waals surface area contributed by atoms with Gasteiger partial charge in [0.25, 0.3) is 17.0 Å². The molecular weight excluding hydrogens is 662 g/mol. The molecule has 3 aromatic heterocycles. The van der Waals surface area contributed by atoms with Gasteiger partial charge in [0.05, 0.1) is 27.0 Å². The number of fused-ring (bicyclic) bond motifs is 2. The molecule has 1 aliphatic rings. The van der Waals surface area contributed by atoms with E-state index in [0.717, 1.165) is 9.69 Å². The number of hydrogen-bond donors (Lipinski definition) is 2. The van der Waals surface area contributed by atoms with Gasteiger partial charge < -0.3 is 15.1 Å². The van der Waals surface area contributed by atoms with E-state index in [1.165, 1.54) is 24.3 Å². The fraction of sp³-hybridized carbons (Fsp3) is 0.0645. The molecule has 0 saturated heterocycles. The maximum Gasteiger partial charge on any atom is 0.282 e. The van der Waals surface area contributed by atoms with E-state index in [1.54, 1.807) is 56.3 Å². The van der Waals surface area contributed by atoms with Crippen LogP contribution in [0.25, 0.3) is 28.9 Å². The van der Waals surface area contributed by atoms with Crippen molar-refractivity contribution < 1.29 is 9.90 Å². The number of rotatable bonds is 5. The van der Waals surface area contributed by atoms with Crippen LogP contribution < -0.4 is 31.9 Å². The molecule has 2 aromatic carbocycles. The molecular formula is C31H19Cl4N6O4-. The fourth-order valence-corrected chi connectivity index (χ4v) is 5.74. The molecule has 1 aliphatic heterocycles. The molecule has 6 rings (SSSR count). The van der Waals surface area contributed by atoms with Crippen LogP contribution in [0.4, 0.5) is 5.69 Å². The first-order valence-electron chi connectivity index (χ1n) is 13.2. The highest BCUT2D eigenvalue weighted by Crippen LogP contribution is 2.33. The topological polar surface area (TPSA) is 139 Å². The summed E-state index contributed by atoms with van der Waals surface area (Å²) < 4.78 is 1.10. The number of amides is 1. The van der Waals surface area contributed by atoms with E-state index in [-0.39, 0.29) is 54.3 Å². The van der Waals surface area contributed by atoms with Crippen LogP contribution in [0.1, 0.15) is 27.0 Å². The Kier molecular flexibility index (Phi) is 7.92. The Bertz CT molecular complexity index is 2390. The predicted octanol–water partition coefficient (Wildman–Crippen LogP) is 4.95. The lowest BCUT2D eigenvalue weighted by atomic mass is 10.1. The van der Waals surface area contributed by atoms with Gasteiger partial charge in [0, 0.05) is 32.1 Å². The average molecular weight is 681 g/mol. The van der Waals surface area contributed by atoms with Crippen LogP contribution in [0.15, 0.2) is 69.3 Å². The Hall–Kier alpha value is -4.61. The number of carbonyl (C=O) groups excluding carboxylic acids is 1. The molecule has 0 bridgehead atoms. The summed E-state index contributed by atoms with van der Waals surface area (Å²) in [6, 6.07) is 9.30. The van der Waals surface area contributed by atoms with Crippen molar-refractivity contribution >= 4 is 81.2 Å². The van der Waals surface area contributed by atoms with Crippen molar-refractivity contribution in [3.05, 3.63) is 128 Å². The second-order valence-corrected chi connectivity index (χ2v) is 11.7. The highest BCUT2D eigenvalue weighted by Gasteiger charge is 2.29. The second kappa shape index (κ2) is 11.7. The number of anilines is 1. The molecule has 0 atom stereocenters. The van der Waals surface area contributed by atoms with E-state index in [4.69, 9.17) is 46.4 Å². The minimum absolute atomic E-state index is 0.114. The van der Waals surface area contributed by atoms with E-state index in [9.17, 15) is 19.5 Å². The molecule has 0 radical (unpaired) electrons. The third-order valence-electron chi connectivity index (χ3n) is 7.22. The highest BCUT2D eigenvalue weighted by atomic mass is 35.5. The summed E-state index contributed by atoms with van der Waals surface area (Å²) in [5, 5.41) is 24.6. The summed E-state index contributed by atoms with van der Waals surface area (Å²) in [5.41, 5.74) is 1.23. The van der Waals surface area contributed by atoms with E-state index in [2.05, 4.69) is 20.2 Å². The normalized spacial score (nSPS) is 13.5. The van der Waals surface area contributed by atoms with Gasteiger partial charge in [0.2, 0.25) is 0 Å². The minimum Gasteiger partial charge on any atom is -0.858 e. The van der Waals surface area contributed by atoms with Gasteiger partial charge in [-0.05, 0) is 73.5 Å². The van der Waals surface area contributed by atoms with Crippen LogP contribution in [0.5, 0.6) is 5.88 Å². The number of nitrogens with one attached hydrogen (secondary N) is 2. The van der Waals surface area contributed by atoms with Crippen LogP contribution in [0.3, 0.4) is 0 Å². The van der Waals surface area contributed by atoms with Gasteiger partial charge in [-0.25, -0.2) is 4.68 Å². The van der Waals surface area contributed by atoms with E-state index < -0.39 is 22.9 Å². The summed E-state index contributed by atoms with van der Waals surface area (Å²) in [7, 11) is 0. The van der Waals surface area contributed by atoms with Crippen molar-refractivity contribution in [1.82, 2.24) is 19.7 Å². The number of nitrogens with zero attached hydrogens (tertiary/aromatic N) is 4. The van der Waals surface area contributed by atoms with Gasteiger partial charge in [-0.1, -0.05) is 64.6 Å². The van der Waals surface area contributed by atoms with Crippen molar-refractivity contribution in [3.63, 3.8) is 0 Å². The molecule has 45 heavy (non-hydrogen) atoms. The molecule has 0 aliphatic carbocycles. The summed E-state index contributed by atoms with van der Waals surface area (Å²) in [6.45, 7) is 3.30. The average Bonchev–Trinajstić information content (AvgIpc) is 3.49. The van der Waals surface area contributed by atoms with Crippen LogP contribution in [-0.4, -0.2) is 25.7 Å². The number of benzene rings is 2. The highest BCUT2D eigenvalue weighted by molar-refractivity contribution is 6.36. The van der Waals surface area contributed by atoms with Crippen LogP contribution >= 0.6 is 46.4 Å². The zero-order chi connectivity index (χ0) is 32.2. The Morgan fingerprint density at radius 2 is 1.49 bits per heavy atom. The molecule has 10 nitrogen and oxygen atoms in total. The molecule has 0 saturated carbocycles. The molecule has 2 N–H and O–H groups in total. The number of aromatic nitrogens is 4.